The van der Waals surface area contributed by atoms with Crippen LogP contribution in [0.15, 0.2) is 40.0 Å². The lowest BCUT2D eigenvalue weighted by atomic mass is 9.75. The Morgan fingerprint density at radius 2 is 2.00 bits per heavy atom. The number of carbonyl (C=O) groups excluding carboxylic acids is 1. The molecule has 1 aliphatic heterocycles. The van der Waals surface area contributed by atoms with Crippen molar-refractivity contribution in [3.05, 3.63) is 45.6 Å². The topological polar surface area (TPSA) is 81.9 Å². The molecule has 30 heavy (non-hydrogen) atoms. The minimum absolute atomic E-state index is 0.0672. The summed E-state index contributed by atoms with van der Waals surface area (Å²) >= 11 is 3.48. The molecule has 2 aliphatic rings. The summed E-state index contributed by atoms with van der Waals surface area (Å²) < 4.78 is 8.80. The molecule has 1 saturated carbocycles. The molecule has 1 fully saturated rings. The van der Waals surface area contributed by atoms with Gasteiger partial charge in [0.1, 0.15) is 12.1 Å². The van der Waals surface area contributed by atoms with Crippen molar-refractivity contribution in [2.45, 2.75) is 59.1 Å². The fourth-order valence-corrected chi connectivity index (χ4v) is 4.95. The third-order valence-electron chi connectivity index (χ3n) is 6.34. The highest BCUT2D eigenvalue weighted by atomic mass is 79.9. The Labute approximate surface area is 185 Å². The van der Waals surface area contributed by atoms with Crippen molar-refractivity contribution in [3.63, 3.8) is 0 Å². The maximum atomic E-state index is 13.5. The number of esters is 1. The van der Waals surface area contributed by atoms with Crippen LogP contribution < -0.4 is 5.32 Å². The van der Waals surface area contributed by atoms with Crippen LogP contribution in [-0.4, -0.2) is 32.3 Å². The van der Waals surface area contributed by atoms with E-state index in [0.717, 1.165) is 28.6 Å². The third kappa shape index (κ3) is 4.02. The van der Waals surface area contributed by atoms with Crippen molar-refractivity contribution in [2.75, 3.05) is 5.32 Å². The number of ether oxygens (including phenoxy) is 1. The van der Waals surface area contributed by atoms with Gasteiger partial charge in [-0.2, -0.15) is 4.68 Å². The molecule has 1 aromatic heterocycles. The second-order valence-electron chi connectivity index (χ2n) is 8.83. The number of nitrogens with one attached hydrogen (secondary N) is 1. The van der Waals surface area contributed by atoms with Crippen molar-refractivity contribution in [2.24, 2.45) is 17.8 Å². The summed E-state index contributed by atoms with van der Waals surface area (Å²) in [5.74, 6) is 1.65. The first-order chi connectivity index (χ1) is 14.3. The van der Waals surface area contributed by atoms with E-state index in [2.05, 4.69) is 57.5 Å². The molecule has 0 bridgehead atoms. The second kappa shape index (κ2) is 8.49. The predicted molar refractivity (Wildman–Crippen MR) is 118 cm³/mol. The molecule has 160 valence electrons. The van der Waals surface area contributed by atoms with Gasteiger partial charge in [-0.25, -0.2) is 4.79 Å². The molecule has 0 saturated heterocycles. The molecular formula is C22H28BrN5O2. The second-order valence-corrected chi connectivity index (χ2v) is 9.75. The quantitative estimate of drug-likeness (QED) is 0.646. The number of fused-ring (bicyclic) bond motifs is 1. The summed E-state index contributed by atoms with van der Waals surface area (Å²) in [7, 11) is 0. The largest absolute Gasteiger partial charge is 0.459 e. The zero-order valence-electron chi connectivity index (χ0n) is 17.8. The van der Waals surface area contributed by atoms with E-state index in [9.17, 15) is 4.79 Å². The summed E-state index contributed by atoms with van der Waals surface area (Å²) in [6, 6.07) is 7.43. The summed E-state index contributed by atoms with van der Waals surface area (Å²) in [6.45, 7) is 8.55. The monoisotopic (exact) mass is 473 g/mol. The Bertz CT molecular complexity index is 953. The summed E-state index contributed by atoms with van der Waals surface area (Å²) in [5, 5.41) is 15.2. The molecule has 2 aromatic rings. The van der Waals surface area contributed by atoms with Gasteiger partial charge in [-0.1, -0.05) is 60.4 Å². The van der Waals surface area contributed by atoms with Crippen LogP contribution >= 0.6 is 15.9 Å². The van der Waals surface area contributed by atoms with Crippen molar-refractivity contribution >= 4 is 27.8 Å². The molecular weight excluding hydrogens is 446 g/mol. The van der Waals surface area contributed by atoms with Crippen LogP contribution in [0.2, 0.25) is 0 Å². The number of halogens is 1. The van der Waals surface area contributed by atoms with Crippen LogP contribution in [0.4, 0.5) is 5.95 Å². The number of tetrazole rings is 1. The lowest BCUT2D eigenvalue weighted by Gasteiger charge is -2.37. The van der Waals surface area contributed by atoms with Gasteiger partial charge in [0, 0.05) is 10.2 Å². The van der Waals surface area contributed by atoms with E-state index in [-0.39, 0.29) is 12.1 Å². The van der Waals surface area contributed by atoms with Gasteiger partial charge in [-0.15, -0.1) is 0 Å². The van der Waals surface area contributed by atoms with E-state index >= 15 is 0 Å². The molecule has 1 aromatic carbocycles. The number of anilines is 1. The summed E-state index contributed by atoms with van der Waals surface area (Å²) in [6.07, 6.45) is 3.13. The van der Waals surface area contributed by atoms with Crippen molar-refractivity contribution < 1.29 is 9.53 Å². The number of aromatic nitrogens is 4. The van der Waals surface area contributed by atoms with Crippen molar-refractivity contribution in [3.8, 4) is 0 Å². The lowest BCUT2D eigenvalue weighted by Crippen LogP contribution is -2.38. The van der Waals surface area contributed by atoms with Gasteiger partial charge in [0.15, 0.2) is 0 Å². The number of carbonyl (C=O) groups is 1. The maximum absolute atomic E-state index is 13.5. The lowest BCUT2D eigenvalue weighted by molar-refractivity contribution is -0.151. The van der Waals surface area contributed by atoms with E-state index in [0.29, 0.717) is 29.3 Å². The number of rotatable bonds is 4. The van der Waals surface area contributed by atoms with Crippen LogP contribution in [0.5, 0.6) is 0 Å². The predicted octanol–water partition coefficient (Wildman–Crippen LogP) is 4.73. The van der Waals surface area contributed by atoms with Crippen molar-refractivity contribution in [1.82, 2.24) is 20.2 Å². The molecule has 4 rings (SSSR count). The van der Waals surface area contributed by atoms with Crippen LogP contribution in [0.1, 0.15) is 58.6 Å². The molecule has 4 unspecified atom stereocenters. The van der Waals surface area contributed by atoms with E-state index in [1.807, 2.05) is 31.2 Å². The Kier molecular flexibility index (Phi) is 5.95. The Hall–Kier alpha value is -2.22. The zero-order valence-corrected chi connectivity index (χ0v) is 19.4. The SMILES string of the molecule is CC1=C(C(=O)OC2CC(C)CCC2C(C)C)C(c2ccc(Br)cc2)n2nnnc2N1. The van der Waals surface area contributed by atoms with Crippen LogP contribution in [-0.2, 0) is 9.53 Å². The molecule has 0 amide bonds. The molecule has 8 heteroatoms. The fraction of sp³-hybridized carbons (Fsp3) is 0.545. The van der Waals surface area contributed by atoms with Gasteiger partial charge >= 0.3 is 5.97 Å². The Morgan fingerprint density at radius 3 is 2.70 bits per heavy atom. The highest BCUT2D eigenvalue weighted by Crippen LogP contribution is 2.39. The number of benzene rings is 1. The first-order valence-electron chi connectivity index (χ1n) is 10.6. The molecule has 1 aliphatic carbocycles. The number of nitrogens with zero attached hydrogens (tertiary/aromatic N) is 4. The first-order valence-corrected chi connectivity index (χ1v) is 11.4. The molecule has 2 heterocycles. The smallest absolute Gasteiger partial charge is 0.338 e. The van der Waals surface area contributed by atoms with E-state index < -0.39 is 6.04 Å². The summed E-state index contributed by atoms with van der Waals surface area (Å²) in [5.41, 5.74) is 2.20. The van der Waals surface area contributed by atoms with E-state index in [4.69, 9.17) is 4.74 Å². The Morgan fingerprint density at radius 1 is 1.27 bits per heavy atom. The van der Waals surface area contributed by atoms with Gasteiger partial charge in [-0.3, -0.25) is 0 Å². The molecule has 0 radical (unpaired) electrons. The zero-order chi connectivity index (χ0) is 21.4. The third-order valence-corrected chi connectivity index (χ3v) is 6.87. The van der Waals surface area contributed by atoms with Crippen molar-refractivity contribution in [1.29, 1.82) is 0 Å². The number of hydrogen-bond acceptors (Lipinski definition) is 6. The van der Waals surface area contributed by atoms with Gasteiger partial charge in [0.25, 0.3) is 0 Å². The highest BCUT2D eigenvalue weighted by molar-refractivity contribution is 9.10. The van der Waals surface area contributed by atoms with Gasteiger partial charge in [0.2, 0.25) is 5.95 Å². The van der Waals surface area contributed by atoms with E-state index in [1.54, 1.807) is 4.68 Å². The van der Waals surface area contributed by atoms with Gasteiger partial charge in [-0.05, 0) is 65.6 Å². The minimum atomic E-state index is -0.435. The standard InChI is InChI=1S/C22H28BrN5O2/c1-12(2)17-10-5-13(3)11-18(17)30-21(29)19-14(4)24-22-25-26-27-28(22)20(19)15-6-8-16(23)9-7-15/h6-9,12-13,17-18,20H,5,10-11H2,1-4H3,(H,24,25,27). The van der Waals surface area contributed by atoms with Crippen LogP contribution in [0, 0.1) is 17.8 Å². The number of hydrogen-bond donors (Lipinski definition) is 1. The molecule has 0 spiro atoms. The average Bonchev–Trinajstić information content (AvgIpc) is 3.15. The fourth-order valence-electron chi connectivity index (χ4n) is 4.68. The van der Waals surface area contributed by atoms with Gasteiger partial charge in [0.05, 0.1) is 5.57 Å². The Balaban J connectivity index is 1.68. The number of allylic oxidation sites excluding steroid dienone is 1. The first kappa shape index (κ1) is 21.0. The van der Waals surface area contributed by atoms with Crippen LogP contribution in [0.3, 0.4) is 0 Å². The minimum Gasteiger partial charge on any atom is -0.459 e. The molecule has 1 N–H and O–H groups in total. The molecule has 7 nitrogen and oxygen atoms in total. The normalized spacial score (nSPS) is 26.3. The maximum Gasteiger partial charge on any atom is 0.338 e. The summed E-state index contributed by atoms with van der Waals surface area (Å²) in [4.78, 5) is 13.5. The van der Waals surface area contributed by atoms with Gasteiger partial charge < -0.3 is 10.1 Å². The van der Waals surface area contributed by atoms with Crippen LogP contribution in [0.25, 0.3) is 0 Å². The highest BCUT2D eigenvalue weighted by Gasteiger charge is 2.39. The molecule has 4 atom stereocenters. The van der Waals surface area contributed by atoms with E-state index in [1.165, 1.54) is 6.42 Å². The average molecular weight is 474 g/mol.